The molecule has 2 fully saturated rings. The highest BCUT2D eigenvalue weighted by Gasteiger charge is 2.31. The Balaban J connectivity index is 1.64. The number of carbonyl (C=O) groups excluding carboxylic acids is 2. The average Bonchev–Trinajstić information content (AvgIpc) is 2.93. The van der Waals surface area contributed by atoms with E-state index in [0.29, 0.717) is 12.5 Å². The predicted octanol–water partition coefficient (Wildman–Crippen LogP) is 0.502. The molecule has 28 heavy (non-hydrogen) atoms. The number of carbonyl (C=O) groups is 2. The highest BCUT2D eigenvalue weighted by Crippen LogP contribution is 2.24. The van der Waals surface area contributed by atoms with E-state index >= 15 is 0 Å². The smallest absolute Gasteiger partial charge is 0.317 e. The number of rotatable bonds is 4. The fourth-order valence-corrected chi connectivity index (χ4v) is 4.40. The topological polar surface area (TPSA) is 88.4 Å². The molecule has 0 bridgehead atoms. The minimum absolute atomic E-state index is 0.228. The minimum Gasteiger partial charge on any atom is -0.317 e. The van der Waals surface area contributed by atoms with Crippen LogP contribution in [-0.2, 0) is 23.2 Å². The van der Waals surface area contributed by atoms with E-state index in [-0.39, 0.29) is 18.0 Å². The third-order valence-corrected chi connectivity index (χ3v) is 6.04. The monoisotopic (exact) mass is 385 g/mol. The molecule has 2 aliphatic rings. The van der Waals surface area contributed by atoms with E-state index in [2.05, 4.69) is 22.6 Å². The number of hydrogen-bond donors (Lipinski definition) is 2. The summed E-state index contributed by atoms with van der Waals surface area (Å²) in [5.41, 5.74) is 2.46. The van der Waals surface area contributed by atoms with Gasteiger partial charge in [0.05, 0.1) is 11.0 Å². The number of amides is 2. The Morgan fingerprint density at radius 3 is 2.57 bits per heavy atom. The van der Waals surface area contributed by atoms with Gasteiger partial charge in [-0.2, -0.15) is 0 Å². The van der Waals surface area contributed by atoms with Gasteiger partial charge in [0.2, 0.25) is 11.8 Å². The molecule has 1 aromatic heterocycles. The SMILES string of the molecule is CN(Cc1ccc2c(c1)n(C)c(=O)n2C1CCC(=O)NC1=O)C1CCNCC1. The third-order valence-electron chi connectivity index (χ3n) is 6.04. The largest absolute Gasteiger partial charge is 0.329 e. The summed E-state index contributed by atoms with van der Waals surface area (Å²) < 4.78 is 3.12. The number of aromatic nitrogens is 2. The molecule has 2 aliphatic heterocycles. The maximum Gasteiger partial charge on any atom is 0.329 e. The number of nitrogens with one attached hydrogen (secondary N) is 2. The van der Waals surface area contributed by atoms with E-state index in [0.717, 1.165) is 49.1 Å². The molecule has 2 N–H and O–H groups in total. The highest BCUT2D eigenvalue weighted by molar-refractivity contribution is 6.00. The summed E-state index contributed by atoms with van der Waals surface area (Å²) >= 11 is 0. The van der Waals surface area contributed by atoms with E-state index in [1.165, 1.54) is 4.57 Å². The first-order valence-corrected chi connectivity index (χ1v) is 9.90. The van der Waals surface area contributed by atoms with E-state index < -0.39 is 11.9 Å². The highest BCUT2D eigenvalue weighted by atomic mass is 16.2. The van der Waals surface area contributed by atoms with Gasteiger partial charge in [0, 0.05) is 26.1 Å². The Morgan fingerprint density at radius 2 is 1.86 bits per heavy atom. The van der Waals surface area contributed by atoms with Crippen LogP contribution in [0.1, 0.15) is 37.3 Å². The zero-order valence-corrected chi connectivity index (χ0v) is 16.4. The Labute approximate surface area is 163 Å². The maximum atomic E-state index is 12.8. The molecule has 8 nitrogen and oxygen atoms in total. The molecule has 2 amide bonds. The standard InChI is InChI=1S/C20H27N5O3/c1-23(14-7-9-21-10-8-14)12-13-3-4-15-17(11-13)24(2)20(28)25(15)16-5-6-18(26)22-19(16)27/h3-4,11,14,16,21H,5-10,12H2,1-2H3,(H,22,26,27). The lowest BCUT2D eigenvalue weighted by Gasteiger charge is -2.31. The number of hydrogen-bond acceptors (Lipinski definition) is 5. The van der Waals surface area contributed by atoms with Gasteiger partial charge in [0.25, 0.3) is 0 Å². The molecule has 1 unspecified atom stereocenters. The van der Waals surface area contributed by atoms with Crippen LogP contribution in [0.2, 0.25) is 0 Å². The molecule has 1 aromatic carbocycles. The normalized spacial score (nSPS) is 21.5. The van der Waals surface area contributed by atoms with Crippen LogP contribution in [0.5, 0.6) is 0 Å². The second-order valence-corrected chi connectivity index (χ2v) is 7.90. The second kappa shape index (κ2) is 7.52. The van der Waals surface area contributed by atoms with Gasteiger partial charge in [-0.15, -0.1) is 0 Å². The molecule has 0 aliphatic carbocycles. The van der Waals surface area contributed by atoms with Gasteiger partial charge >= 0.3 is 5.69 Å². The number of aryl methyl sites for hydroxylation is 1. The van der Waals surface area contributed by atoms with Crippen LogP contribution in [0.25, 0.3) is 11.0 Å². The van der Waals surface area contributed by atoms with E-state index in [1.54, 1.807) is 11.6 Å². The number of benzene rings is 1. The van der Waals surface area contributed by atoms with Gasteiger partial charge < -0.3 is 5.32 Å². The number of fused-ring (bicyclic) bond motifs is 1. The Bertz CT molecular complexity index is 970. The molecule has 2 saturated heterocycles. The van der Waals surface area contributed by atoms with Crippen molar-refractivity contribution < 1.29 is 9.59 Å². The van der Waals surface area contributed by atoms with Crippen LogP contribution in [0.15, 0.2) is 23.0 Å². The van der Waals surface area contributed by atoms with Gasteiger partial charge in [-0.3, -0.25) is 28.9 Å². The van der Waals surface area contributed by atoms with Crippen LogP contribution < -0.4 is 16.3 Å². The Hall–Kier alpha value is -2.45. The molecule has 0 radical (unpaired) electrons. The summed E-state index contributed by atoms with van der Waals surface area (Å²) in [5.74, 6) is -0.682. The zero-order valence-electron chi connectivity index (χ0n) is 16.4. The van der Waals surface area contributed by atoms with E-state index in [1.807, 2.05) is 18.2 Å². The Kier molecular flexibility index (Phi) is 5.07. The summed E-state index contributed by atoms with van der Waals surface area (Å²) in [6.45, 7) is 2.92. The lowest BCUT2D eigenvalue weighted by Crippen LogP contribution is -2.44. The molecule has 0 saturated carbocycles. The van der Waals surface area contributed by atoms with Crippen LogP contribution >= 0.6 is 0 Å². The molecule has 0 spiro atoms. The number of imidazole rings is 1. The van der Waals surface area contributed by atoms with Crippen LogP contribution in [-0.4, -0.2) is 52.0 Å². The van der Waals surface area contributed by atoms with Crippen molar-refractivity contribution in [3.63, 3.8) is 0 Å². The molecule has 8 heteroatoms. The molecule has 2 aromatic rings. The zero-order chi connectivity index (χ0) is 19.8. The summed E-state index contributed by atoms with van der Waals surface area (Å²) in [5, 5.41) is 5.73. The predicted molar refractivity (Wildman–Crippen MR) is 106 cm³/mol. The van der Waals surface area contributed by atoms with E-state index in [9.17, 15) is 14.4 Å². The van der Waals surface area contributed by atoms with Gasteiger partial charge in [0.15, 0.2) is 0 Å². The minimum atomic E-state index is -0.642. The van der Waals surface area contributed by atoms with Crippen molar-refractivity contribution in [1.82, 2.24) is 24.7 Å². The van der Waals surface area contributed by atoms with Crippen molar-refractivity contribution in [2.75, 3.05) is 20.1 Å². The summed E-state index contributed by atoms with van der Waals surface area (Å²) in [6.07, 6.45) is 2.88. The van der Waals surface area contributed by atoms with Crippen molar-refractivity contribution in [2.45, 2.75) is 44.3 Å². The molecule has 4 rings (SSSR count). The van der Waals surface area contributed by atoms with Crippen molar-refractivity contribution >= 4 is 22.8 Å². The molecule has 150 valence electrons. The summed E-state index contributed by atoms with van der Waals surface area (Å²) in [4.78, 5) is 38.9. The first-order chi connectivity index (χ1) is 13.5. The van der Waals surface area contributed by atoms with Gasteiger partial charge in [-0.25, -0.2) is 4.79 Å². The Morgan fingerprint density at radius 1 is 1.11 bits per heavy atom. The lowest BCUT2D eigenvalue weighted by molar-refractivity contribution is -0.135. The first kappa shape index (κ1) is 18.9. The van der Waals surface area contributed by atoms with Crippen molar-refractivity contribution in [1.29, 1.82) is 0 Å². The lowest BCUT2D eigenvalue weighted by atomic mass is 10.0. The van der Waals surface area contributed by atoms with Crippen LogP contribution in [0.3, 0.4) is 0 Å². The third kappa shape index (κ3) is 3.38. The second-order valence-electron chi connectivity index (χ2n) is 7.90. The van der Waals surface area contributed by atoms with E-state index in [4.69, 9.17) is 0 Å². The molecular formula is C20H27N5O3. The quantitative estimate of drug-likeness (QED) is 0.749. The van der Waals surface area contributed by atoms with Crippen molar-refractivity contribution in [2.24, 2.45) is 7.05 Å². The van der Waals surface area contributed by atoms with Crippen LogP contribution in [0, 0.1) is 0 Å². The van der Waals surface area contributed by atoms with Crippen molar-refractivity contribution in [3.05, 3.63) is 34.2 Å². The maximum absolute atomic E-state index is 12.8. The number of imide groups is 1. The molecule has 3 heterocycles. The van der Waals surface area contributed by atoms with Crippen LogP contribution in [0.4, 0.5) is 0 Å². The van der Waals surface area contributed by atoms with Crippen molar-refractivity contribution in [3.8, 4) is 0 Å². The van der Waals surface area contributed by atoms with Gasteiger partial charge in [0.1, 0.15) is 6.04 Å². The summed E-state index contributed by atoms with van der Waals surface area (Å²) in [7, 11) is 3.88. The first-order valence-electron chi connectivity index (χ1n) is 9.90. The fourth-order valence-electron chi connectivity index (χ4n) is 4.40. The van der Waals surface area contributed by atoms with Gasteiger partial charge in [-0.05, 0) is 57.1 Å². The molecule has 1 atom stereocenters. The average molecular weight is 385 g/mol. The summed E-state index contributed by atoms with van der Waals surface area (Å²) in [6, 6.07) is 5.91. The number of nitrogens with zero attached hydrogens (tertiary/aromatic N) is 3. The fraction of sp³-hybridized carbons (Fsp3) is 0.550. The molecular weight excluding hydrogens is 358 g/mol. The van der Waals surface area contributed by atoms with Gasteiger partial charge in [-0.1, -0.05) is 6.07 Å². The number of piperidine rings is 2.